The van der Waals surface area contributed by atoms with E-state index in [4.69, 9.17) is 5.11 Å². The first-order valence-electron chi connectivity index (χ1n) is 3.57. The molecule has 0 aliphatic rings. The number of carbonyl (C=O) groups is 1. The maximum Gasteiger partial charge on any atom is 0.328 e. The zero-order valence-electron chi connectivity index (χ0n) is 6.80. The maximum absolute atomic E-state index is 13.2. The number of benzene rings is 1. The first-order valence-corrected chi connectivity index (χ1v) is 5.44. The fourth-order valence-corrected chi connectivity index (χ4v) is 1.77. The second-order valence-electron chi connectivity index (χ2n) is 2.43. The lowest BCUT2D eigenvalue weighted by atomic mass is 10.2. The number of halogens is 3. The Bertz CT molecular complexity index is 404. The van der Waals surface area contributed by atoms with Crippen molar-refractivity contribution in [1.29, 1.82) is 0 Å². The highest BCUT2D eigenvalue weighted by Crippen LogP contribution is 2.26. The van der Waals surface area contributed by atoms with Gasteiger partial charge in [0.15, 0.2) is 0 Å². The monoisotopic (exact) mass is 370 g/mol. The molecule has 1 rings (SSSR count). The van der Waals surface area contributed by atoms with E-state index in [-0.39, 0.29) is 5.56 Å². The summed E-state index contributed by atoms with van der Waals surface area (Å²) in [4.78, 5) is 10.3. The van der Waals surface area contributed by atoms with Crippen LogP contribution in [0.3, 0.4) is 0 Å². The third-order valence-electron chi connectivity index (χ3n) is 1.47. The minimum absolute atomic E-state index is 0.249. The van der Waals surface area contributed by atoms with Crippen molar-refractivity contribution in [2.75, 3.05) is 0 Å². The van der Waals surface area contributed by atoms with E-state index in [2.05, 4.69) is 15.9 Å². The molecular formula is C9H5BrFIO2. The Kier molecular flexibility index (Phi) is 4.06. The van der Waals surface area contributed by atoms with E-state index >= 15 is 0 Å². The van der Waals surface area contributed by atoms with Gasteiger partial charge in [0.2, 0.25) is 0 Å². The Morgan fingerprint density at radius 1 is 1.57 bits per heavy atom. The summed E-state index contributed by atoms with van der Waals surface area (Å²) >= 11 is 5.22. The van der Waals surface area contributed by atoms with Crippen LogP contribution in [0.4, 0.5) is 4.39 Å². The first kappa shape index (κ1) is 11.6. The number of hydrogen-bond donors (Lipinski definition) is 1. The molecule has 1 aromatic rings. The maximum atomic E-state index is 13.2. The fourth-order valence-electron chi connectivity index (χ4n) is 0.850. The summed E-state index contributed by atoms with van der Waals surface area (Å²) in [5.41, 5.74) is 0.249. The Labute approximate surface area is 102 Å². The van der Waals surface area contributed by atoms with Crippen LogP contribution in [0, 0.1) is 9.39 Å². The van der Waals surface area contributed by atoms with E-state index in [1.54, 1.807) is 6.07 Å². The molecule has 0 radical (unpaired) electrons. The van der Waals surface area contributed by atoms with Crippen molar-refractivity contribution in [3.63, 3.8) is 0 Å². The Morgan fingerprint density at radius 3 is 2.79 bits per heavy atom. The quantitative estimate of drug-likeness (QED) is 0.492. The fraction of sp³-hybridized carbons (Fsp3) is 0. The molecule has 2 nitrogen and oxygen atoms in total. The van der Waals surface area contributed by atoms with Gasteiger partial charge in [-0.3, -0.25) is 0 Å². The third kappa shape index (κ3) is 2.78. The molecule has 0 atom stereocenters. The van der Waals surface area contributed by atoms with E-state index < -0.39 is 11.8 Å². The van der Waals surface area contributed by atoms with Crippen LogP contribution in [0.25, 0.3) is 6.08 Å². The van der Waals surface area contributed by atoms with E-state index in [1.807, 2.05) is 22.6 Å². The second kappa shape index (κ2) is 4.88. The van der Waals surface area contributed by atoms with Crippen molar-refractivity contribution < 1.29 is 14.3 Å². The van der Waals surface area contributed by atoms with Gasteiger partial charge >= 0.3 is 5.97 Å². The van der Waals surface area contributed by atoms with Crippen LogP contribution in [0.15, 0.2) is 22.7 Å². The molecule has 1 aromatic carbocycles. The van der Waals surface area contributed by atoms with Crippen molar-refractivity contribution in [3.05, 3.63) is 37.6 Å². The third-order valence-corrected chi connectivity index (χ3v) is 3.97. The smallest absolute Gasteiger partial charge is 0.328 e. The van der Waals surface area contributed by atoms with Gasteiger partial charge in [0.1, 0.15) is 5.82 Å². The molecule has 0 aliphatic carbocycles. The van der Waals surface area contributed by atoms with Crippen LogP contribution in [-0.2, 0) is 4.79 Å². The topological polar surface area (TPSA) is 37.3 Å². The van der Waals surface area contributed by atoms with E-state index in [9.17, 15) is 9.18 Å². The number of aliphatic carboxylic acids is 1. The Morgan fingerprint density at radius 2 is 2.21 bits per heavy atom. The SMILES string of the molecule is O=C(O)/C=C/c1c(F)ccc(I)c1Br. The predicted octanol–water partition coefficient (Wildman–Crippen LogP) is 3.29. The normalized spacial score (nSPS) is 10.8. The molecule has 0 amide bonds. The summed E-state index contributed by atoms with van der Waals surface area (Å²) < 4.78 is 14.6. The number of rotatable bonds is 2. The van der Waals surface area contributed by atoms with Gasteiger partial charge in [0.25, 0.3) is 0 Å². The molecule has 5 heteroatoms. The van der Waals surface area contributed by atoms with E-state index in [0.29, 0.717) is 4.47 Å². The number of hydrogen-bond acceptors (Lipinski definition) is 1. The van der Waals surface area contributed by atoms with Crippen molar-refractivity contribution in [2.45, 2.75) is 0 Å². The molecule has 0 fully saturated rings. The highest BCUT2D eigenvalue weighted by Gasteiger charge is 2.07. The molecule has 0 aliphatic heterocycles. The minimum Gasteiger partial charge on any atom is -0.478 e. The zero-order valence-corrected chi connectivity index (χ0v) is 10.5. The lowest BCUT2D eigenvalue weighted by molar-refractivity contribution is -0.131. The van der Waals surface area contributed by atoms with Crippen LogP contribution < -0.4 is 0 Å². The largest absolute Gasteiger partial charge is 0.478 e. The number of carboxylic acid groups (broad SMARTS) is 1. The van der Waals surface area contributed by atoms with Gasteiger partial charge in [0, 0.05) is 19.7 Å². The average Bonchev–Trinajstić information content (AvgIpc) is 2.11. The summed E-state index contributed by atoms with van der Waals surface area (Å²) in [6, 6.07) is 2.91. The van der Waals surface area contributed by atoms with E-state index in [0.717, 1.165) is 9.65 Å². The Hall–Kier alpha value is -0.430. The second-order valence-corrected chi connectivity index (χ2v) is 4.38. The molecule has 74 valence electrons. The highest BCUT2D eigenvalue weighted by molar-refractivity contribution is 14.1. The first-order chi connectivity index (χ1) is 6.52. The summed E-state index contributed by atoms with van der Waals surface area (Å²) in [5.74, 6) is -1.55. The van der Waals surface area contributed by atoms with Crippen LogP contribution in [0.5, 0.6) is 0 Å². The van der Waals surface area contributed by atoms with Crippen molar-refractivity contribution in [2.24, 2.45) is 0 Å². The lowest BCUT2D eigenvalue weighted by Crippen LogP contribution is -1.90. The number of carboxylic acids is 1. The van der Waals surface area contributed by atoms with Gasteiger partial charge < -0.3 is 5.11 Å². The van der Waals surface area contributed by atoms with Crippen LogP contribution in [0.1, 0.15) is 5.56 Å². The highest BCUT2D eigenvalue weighted by atomic mass is 127. The molecule has 0 heterocycles. The predicted molar refractivity (Wildman–Crippen MR) is 63.5 cm³/mol. The van der Waals surface area contributed by atoms with Gasteiger partial charge in [-0.2, -0.15) is 0 Å². The average molecular weight is 371 g/mol. The van der Waals surface area contributed by atoms with Crippen LogP contribution >= 0.6 is 38.5 Å². The lowest BCUT2D eigenvalue weighted by Gasteiger charge is -2.02. The van der Waals surface area contributed by atoms with Crippen molar-refractivity contribution >= 4 is 50.6 Å². The summed E-state index contributed by atoms with van der Waals surface area (Å²) in [5, 5.41) is 8.40. The van der Waals surface area contributed by atoms with Gasteiger partial charge in [-0.25, -0.2) is 9.18 Å². The standard InChI is InChI=1S/C9H5BrFIO2/c10-9-5(1-4-8(13)14)6(11)2-3-7(9)12/h1-4H,(H,13,14)/b4-1+. The molecule has 0 bridgehead atoms. The van der Waals surface area contributed by atoms with Gasteiger partial charge in [-0.1, -0.05) is 0 Å². The zero-order chi connectivity index (χ0) is 10.7. The molecular weight excluding hydrogens is 366 g/mol. The van der Waals surface area contributed by atoms with Crippen molar-refractivity contribution in [3.8, 4) is 0 Å². The Balaban J connectivity index is 3.19. The summed E-state index contributed by atoms with van der Waals surface area (Å²) in [6.07, 6.45) is 2.13. The van der Waals surface area contributed by atoms with E-state index in [1.165, 1.54) is 12.1 Å². The van der Waals surface area contributed by atoms with Crippen LogP contribution in [-0.4, -0.2) is 11.1 Å². The molecule has 1 N–H and O–H groups in total. The van der Waals surface area contributed by atoms with Gasteiger partial charge in [0.05, 0.1) is 0 Å². The summed E-state index contributed by atoms with van der Waals surface area (Å²) in [7, 11) is 0. The van der Waals surface area contributed by atoms with Gasteiger partial charge in [-0.15, -0.1) is 0 Å². The van der Waals surface area contributed by atoms with Crippen molar-refractivity contribution in [1.82, 2.24) is 0 Å². The van der Waals surface area contributed by atoms with Gasteiger partial charge in [-0.05, 0) is 56.7 Å². The summed E-state index contributed by atoms with van der Waals surface area (Å²) in [6.45, 7) is 0. The van der Waals surface area contributed by atoms with Crippen LogP contribution in [0.2, 0.25) is 0 Å². The molecule has 0 aromatic heterocycles. The molecule has 0 saturated carbocycles. The molecule has 0 saturated heterocycles. The molecule has 0 spiro atoms. The molecule has 0 unspecified atom stereocenters. The molecule has 14 heavy (non-hydrogen) atoms. The minimum atomic E-state index is -1.10.